The van der Waals surface area contributed by atoms with Gasteiger partial charge >= 0.3 is 0 Å². The highest BCUT2D eigenvalue weighted by Crippen LogP contribution is 2.38. The van der Waals surface area contributed by atoms with Crippen molar-refractivity contribution in [2.45, 2.75) is 29.0 Å². The standard InChI is InChI=1S/C14H16N2S2/c15-16-12(7-10-5-6-17-9-10)14-8-11-3-1-2-4-13(11)18-14/h1-6,9,12,14,16H,7-8,15H2. The van der Waals surface area contributed by atoms with E-state index in [0.717, 1.165) is 12.8 Å². The van der Waals surface area contributed by atoms with Gasteiger partial charge in [0.15, 0.2) is 0 Å². The summed E-state index contributed by atoms with van der Waals surface area (Å²) in [5, 5.41) is 4.86. The summed E-state index contributed by atoms with van der Waals surface area (Å²) in [5.74, 6) is 5.74. The lowest BCUT2D eigenvalue weighted by molar-refractivity contribution is 0.507. The van der Waals surface area contributed by atoms with Gasteiger partial charge in [-0.3, -0.25) is 11.3 Å². The molecule has 0 amide bonds. The second-order valence-electron chi connectivity index (χ2n) is 4.58. The van der Waals surface area contributed by atoms with E-state index in [1.54, 1.807) is 11.3 Å². The van der Waals surface area contributed by atoms with Crippen molar-refractivity contribution in [3.63, 3.8) is 0 Å². The highest BCUT2D eigenvalue weighted by Gasteiger charge is 2.28. The fraction of sp³-hybridized carbons (Fsp3) is 0.286. The molecule has 0 bridgehead atoms. The summed E-state index contributed by atoms with van der Waals surface area (Å²) in [6, 6.07) is 11.2. The van der Waals surface area contributed by atoms with Gasteiger partial charge in [0, 0.05) is 16.2 Å². The first-order valence-electron chi connectivity index (χ1n) is 6.08. The molecular formula is C14H16N2S2. The fourth-order valence-corrected chi connectivity index (χ4v) is 4.46. The monoisotopic (exact) mass is 276 g/mol. The fourth-order valence-electron chi connectivity index (χ4n) is 2.39. The van der Waals surface area contributed by atoms with Crippen LogP contribution in [0.5, 0.6) is 0 Å². The van der Waals surface area contributed by atoms with Crippen molar-refractivity contribution < 1.29 is 0 Å². The molecule has 2 heterocycles. The molecule has 0 spiro atoms. The van der Waals surface area contributed by atoms with E-state index < -0.39 is 0 Å². The van der Waals surface area contributed by atoms with E-state index in [2.05, 4.69) is 46.5 Å². The summed E-state index contributed by atoms with van der Waals surface area (Å²) >= 11 is 3.70. The first-order chi connectivity index (χ1) is 8.86. The number of benzene rings is 1. The van der Waals surface area contributed by atoms with Crippen molar-refractivity contribution in [1.82, 2.24) is 5.43 Å². The van der Waals surface area contributed by atoms with Crippen LogP contribution in [0, 0.1) is 0 Å². The number of fused-ring (bicyclic) bond motifs is 1. The van der Waals surface area contributed by atoms with Crippen LogP contribution < -0.4 is 11.3 Å². The third-order valence-corrected chi connectivity index (χ3v) is 5.55. The van der Waals surface area contributed by atoms with Crippen LogP contribution in [0.4, 0.5) is 0 Å². The van der Waals surface area contributed by atoms with E-state index in [0.29, 0.717) is 11.3 Å². The summed E-state index contributed by atoms with van der Waals surface area (Å²) in [7, 11) is 0. The number of rotatable bonds is 4. The number of thioether (sulfide) groups is 1. The summed E-state index contributed by atoms with van der Waals surface area (Å²) in [5.41, 5.74) is 5.83. The maximum atomic E-state index is 5.74. The molecule has 0 saturated heterocycles. The number of hydrazine groups is 1. The van der Waals surface area contributed by atoms with E-state index in [1.807, 2.05) is 11.8 Å². The third-order valence-electron chi connectivity index (χ3n) is 3.37. The smallest absolute Gasteiger partial charge is 0.0376 e. The molecule has 0 radical (unpaired) electrons. The Kier molecular flexibility index (Phi) is 3.70. The van der Waals surface area contributed by atoms with E-state index >= 15 is 0 Å². The number of nitrogens with two attached hydrogens (primary N) is 1. The van der Waals surface area contributed by atoms with Gasteiger partial charge < -0.3 is 0 Å². The van der Waals surface area contributed by atoms with Crippen molar-refractivity contribution in [1.29, 1.82) is 0 Å². The van der Waals surface area contributed by atoms with Crippen molar-refractivity contribution in [3.05, 3.63) is 52.2 Å². The molecule has 94 valence electrons. The minimum absolute atomic E-state index is 0.331. The third kappa shape index (κ3) is 2.47. The van der Waals surface area contributed by atoms with Crippen molar-refractivity contribution in [2.75, 3.05) is 0 Å². The normalized spacial score (nSPS) is 19.7. The van der Waals surface area contributed by atoms with Gasteiger partial charge in [-0.15, -0.1) is 11.8 Å². The molecule has 1 aromatic heterocycles. The van der Waals surface area contributed by atoms with E-state index in [9.17, 15) is 0 Å². The zero-order chi connectivity index (χ0) is 12.4. The molecule has 2 atom stereocenters. The Labute approximate surface area is 116 Å². The molecule has 3 rings (SSSR count). The second kappa shape index (κ2) is 5.45. The largest absolute Gasteiger partial charge is 0.271 e. The number of nitrogens with one attached hydrogen (secondary N) is 1. The lowest BCUT2D eigenvalue weighted by Crippen LogP contribution is -2.44. The first kappa shape index (κ1) is 12.2. The Hall–Kier alpha value is -0.810. The molecule has 1 aliphatic heterocycles. The predicted octanol–water partition coefficient (Wildman–Crippen LogP) is 2.84. The first-order valence-corrected chi connectivity index (χ1v) is 7.91. The average Bonchev–Trinajstić information content (AvgIpc) is 3.04. The average molecular weight is 276 g/mol. The molecule has 0 fully saturated rings. The lowest BCUT2D eigenvalue weighted by atomic mass is 10.0. The van der Waals surface area contributed by atoms with Crippen LogP contribution in [0.15, 0.2) is 46.0 Å². The minimum atomic E-state index is 0.331. The number of thiophene rings is 1. The van der Waals surface area contributed by atoms with Gasteiger partial charge in [0.25, 0.3) is 0 Å². The van der Waals surface area contributed by atoms with Gasteiger partial charge in [0.05, 0.1) is 0 Å². The molecule has 3 N–H and O–H groups in total. The molecule has 2 nitrogen and oxygen atoms in total. The van der Waals surface area contributed by atoms with Gasteiger partial charge in [-0.2, -0.15) is 11.3 Å². The van der Waals surface area contributed by atoms with Gasteiger partial charge in [0.2, 0.25) is 0 Å². The zero-order valence-corrected chi connectivity index (χ0v) is 11.6. The molecule has 4 heteroatoms. The maximum Gasteiger partial charge on any atom is 0.0376 e. The Morgan fingerprint density at radius 1 is 1.33 bits per heavy atom. The SMILES string of the molecule is NNC(Cc1ccsc1)C1Cc2ccccc2S1. The summed E-state index contributed by atoms with van der Waals surface area (Å²) in [6.45, 7) is 0. The zero-order valence-electron chi connectivity index (χ0n) is 10.0. The van der Waals surface area contributed by atoms with Gasteiger partial charge in [-0.25, -0.2) is 0 Å². The quantitative estimate of drug-likeness (QED) is 0.666. The Morgan fingerprint density at radius 3 is 2.94 bits per heavy atom. The van der Waals surface area contributed by atoms with Crippen molar-refractivity contribution >= 4 is 23.1 Å². The van der Waals surface area contributed by atoms with Crippen LogP contribution in [-0.4, -0.2) is 11.3 Å². The predicted molar refractivity (Wildman–Crippen MR) is 78.9 cm³/mol. The maximum absolute atomic E-state index is 5.74. The highest BCUT2D eigenvalue weighted by atomic mass is 32.2. The summed E-state index contributed by atoms with van der Waals surface area (Å²) in [6.07, 6.45) is 2.12. The van der Waals surface area contributed by atoms with Gasteiger partial charge in [-0.05, 0) is 46.9 Å². The van der Waals surface area contributed by atoms with Crippen LogP contribution in [0.25, 0.3) is 0 Å². The molecule has 1 aliphatic rings. The van der Waals surface area contributed by atoms with E-state index in [1.165, 1.54) is 16.0 Å². The minimum Gasteiger partial charge on any atom is -0.271 e. The van der Waals surface area contributed by atoms with Crippen molar-refractivity contribution in [2.24, 2.45) is 5.84 Å². The van der Waals surface area contributed by atoms with E-state index in [-0.39, 0.29) is 0 Å². The van der Waals surface area contributed by atoms with Gasteiger partial charge in [-0.1, -0.05) is 18.2 Å². The molecule has 2 aromatic rings. The topological polar surface area (TPSA) is 38.0 Å². The van der Waals surface area contributed by atoms with Crippen LogP contribution in [-0.2, 0) is 12.8 Å². The lowest BCUT2D eigenvalue weighted by Gasteiger charge is -2.21. The number of hydrogen-bond acceptors (Lipinski definition) is 4. The molecule has 0 saturated carbocycles. The number of hydrogen-bond donors (Lipinski definition) is 2. The van der Waals surface area contributed by atoms with Gasteiger partial charge in [0.1, 0.15) is 0 Å². The Bertz CT molecular complexity index is 483. The van der Waals surface area contributed by atoms with Crippen LogP contribution in [0.2, 0.25) is 0 Å². The van der Waals surface area contributed by atoms with Crippen molar-refractivity contribution in [3.8, 4) is 0 Å². The molecule has 0 aliphatic carbocycles. The molecule has 18 heavy (non-hydrogen) atoms. The Balaban J connectivity index is 1.71. The molecule has 1 aromatic carbocycles. The summed E-state index contributed by atoms with van der Waals surface area (Å²) in [4.78, 5) is 1.41. The second-order valence-corrected chi connectivity index (χ2v) is 6.64. The summed E-state index contributed by atoms with van der Waals surface area (Å²) < 4.78 is 0. The van der Waals surface area contributed by atoms with Crippen LogP contribution >= 0.6 is 23.1 Å². The Morgan fingerprint density at radius 2 is 2.22 bits per heavy atom. The van der Waals surface area contributed by atoms with Crippen LogP contribution in [0.3, 0.4) is 0 Å². The molecular weight excluding hydrogens is 260 g/mol. The van der Waals surface area contributed by atoms with E-state index in [4.69, 9.17) is 5.84 Å². The highest BCUT2D eigenvalue weighted by molar-refractivity contribution is 8.00. The van der Waals surface area contributed by atoms with Crippen LogP contribution in [0.1, 0.15) is 11.1 Å². The molecule has 2 unspecified atom stereocenters.